The molecule has 7 nitrogen and oxygen atoms in total. The Hall–Kier alpha value is -2.79. The van der Waals surface area contributed by atoms with Gasteiger partial charge in [0.1, 0.15) is 34.0 Å². The second kappa shape index (κ2) is 7.41. The SMILES string of the molecule is C=C1N[C@@]2(c3cc(Oc4ncc(F)cc4F)ccc3F)CO[C@@H](C)C[C@H]2S(=O)(=O)N1C. The van der Waals surface area contributed by atoms with Gasteiger partial charge in [-0.1, -0.05) is 6.58 Å². The van der Waals surface area contributed by atoms with E-state index in [1.54, 1.807) is 6.92 Å². The minimum atomic E-state index is -3.88. The highest BCUT2D eigenvalue weighted by molar-refractivity contribution is 7.90. The van der Waals surface area contributed by atoms with Gasteiger partial charge in [0.05, 0.1) is 18.9 Å². The summed E-state index contributed by atoms with van der Waals surface area (Å²) in [5, 5.41) is 1.97. The van der Waals surface area contributed by atoms with E-state index in [-0.39, 0.29) is 36.3 Å². The first-order valence-electron chi connectivity index (χ1n) is 9.40. The Morgan fingerprint density at radius 1 is 1.29 bits per heavy atom. The van der Waals surface area contributed by atoms with Crippen molar-refractivity contribution >= 4 is 10.0 Å². The predicted molar refractivity (Wildman–Crippen MR) is 105 cm³/mol. The van der Waals surface area contributed by atoms with Gasteiger partial charge in [-0.25, -0.2) is 26.6 Å². The van der Waals surface area contributed by atoms with Crippen LogP contribution >= 0.6 is 0 Å². The van der Waals surface area contributed by atoms with Crippen LogP contribution in [0.5, 0.6) is 11.6 Å². The largest absolute Gasteiger partial charge is 0.436 e. The average Bonchev–Trinajstić information content (AvgIpc) is 2.71. The number of rotatable bonds is 3. The predicted octanol–water partition coefficient (Wildman–Crippen LogP) is 3.00. The molecule has 0 aliphatic carbocycles. The third kappa shape index (κ3) is 3.51. The Bertz CT molecular complexity index is 1160. The lowest BCUT2D eigenvalue weighted by atomic mass is 9.82. The quantitative estimate of drug-likeness (QED) is 0.767. The number of nitrogens with zero attached hydrogens (tertiary/aromatic N) is 2. The molecule has 2 aliphatic rings. The van der Waals surface area contributed by atoms with Crippen LogP contribution in [0.25, 0.3) is 0 Å². The van der Waals surface area contributed by atoms with E-state index in [0.29, 0.717) is 6.07 Å². The molecular weight excluding hydrogens is 435 g/mol. The molecule has 2 fully saturated rings. The minimum absolute atomic E-state index is 0.00936. The molecule has 31 heavy (non-hydrogen) atoms. The van der Waals surface area contributed by atoms with Crippen molar-refractivity contribution in [3.05, 3.63) is 65.9 Å². The molecule has 166 valence electrons. The molecular formula is C20H20F3N3O4S. The molecule has 1 aromatic heterocycles. The van der Waals surface area contributed by atoms with Crippen LogP contribution in [0.2, 0.25) is 0 Å². The molecule has 1 aromatic carbocycles. The number of hydrogen-bond acceptors (Lipinski definition) is 6. The summed E-state index contributed by atoms with van der Waals surface area (Å²) < 4.78 is 80.5. The zero-order valence-electron chi connectivity index (χ0n) is 16.7. The molecule has 3 heterocycles. The van der Waals surface area contributed by atoms with Crippen LogP contribution < -0.4 is 10.1 Å². The first-order chi connectivity index (χ1) is 14.5. The number of pyridine rings is 1. The molecule has 0 unspecified atom stereocenters. The van der Waals surface area contributed by atoms with Crippen LogP contribution in [0.4, 0.5) is 13.2 Å². The number of sulfonamides is 1. The second-order valence-corrected chi connectivity index (χ2v) is 9.73. The van der Waals surface area contributed by atoms with E-state index >= 15 is 4.39 Å². The lowest BCUT2D eigenvalue weighted by molar-refractivity contribution is -0.0338. The summed E-state index contributed by atoms with van der Waals surface area (Å²) in [7, 11) is -2.51. The van der Waals surface area contributed by atoms with Crippen LogP contribution in [-0.2, 0) is 20.3 Å². The number of fused-ring (bicyclic) bond motifs is 1. The first kappa shape index (κ1) is 21.4. The van der Waals surface area contributed by atoms with E-state index in [1.807, 2.05) is 0 Å². The molecule has 1 N–H and O–H groups in total. The number of hydrogen-bond donors (Lipinski definition) is 1. The highest BCUT2D eigenvalue weighted by Gasteiger charge is 2.57. The first-order valence-corrected chi connectivity index (χ1v) is 10.9. The topological polar surface area (TPSA) is 80.8 Å². The number of benzene rings is 1. The van der Waals surface area contributed by atoms with Gasteiger partial charge < -0.3 is 14.8 Å². The van der Waals surface area contributed by atoms with Gasteiger partial charge in [0.2, 0.25) is 10.0 Å². The van der Waals surface area contributed by atoms with E-state index in [2.05, 4.69) is 16.9 Å². The molecule has 4 rings (SSSR count). The fourth-order valence-electron chi connectivity index (χ4n) is 3.93. The van der Waals surface area contributed by atoms with E-state index in [9.17, 15) is 17.2 Å². The fraction of sp³-hybridized carbons (Fsp3) is 0.350. The average molecular weight is 455 g/mol. The second-order valence-electron chi connectivity index (χ2n) is 7.59. The van der Waals surface area contributed by atoms with Crippen molar-refractivity contribution < 1.29 is 31.1 Å². The van der Waals surface area contributed by atoms with Crippen molar-refractivity contribution in [2.24, 2.45) is 0 Å². The molecule has 2 aliphatic heterocycles. The summed E-state index contributed by atoms with van der Waals surface area (Å²) in [4.78, 5) is 3.55. The number of halogens is 3. The Morgan fingerprint density at radius 3 is 2.74 bits per heavy atom. The molecule has 0 bridgehead atoms. The Kier molecular flexibility index (Phi) is 5.13. The van der Waals surface area contributed by atoms with E-state index < -0.39 is 44.1 Å². The third-order valence-corrected chi connectivity index (χ3v) is 7.88. The maximum atomic E-state index is 15.0. The van der Waals surface area contributed by atoms with Gasteiger partial charge in [-0.15, -0.1) is 0 Å². The number of ether oxygens (including phenoxy) is 2. The van der Waals surface area contributed by atoms with Gasteiger partial charge in [0.15, 0.2) is 5.82 Å². The van der Waals surface area contributed by atoms with Gasteiger partial charge in [-0.3, -0.25) is 4.31 Å². The third-order valence-electron chi connectivity index (χ3n) is 5.59. The molecule has 0 spiro atoms. The molecule has 2 saturated heterocycles. The molecule has 0 radical (unpaired) electrons. The minimum Gasteiger partial charge on any atom is -0.436 e. The molecule has 11 heteroatoms. The highest BCUT2D eigenvalue weighted by Crippen LogP contribution is 2.44. The molecule has 0 amide bonds. The van der Waals surface area contributed by atoms with Crippen molar-refractivity contribution in [1.82, 2.24) is 14.6 Å². The standard InChI is InChI=1S/C20H20F3N3O4S/c1-11-6-18-20(10-29-11,25-12(2)26(3)31(18,27)28)15-8-14(4-5-16(15)22)30-19-17(23)7-13(21)9-24-19/h4-5,7-9,11,18,25H,2,6,10H2,1,3H3/t11-,18+,20+/m0/s1. The maximum absolute atomic E-state index is 15.0. The lowest BCUT2D eigenvalue weighted by Gasteiger charge is -2.52. The van der Waals surface area contributed by atoms with Crippen molar-refractivity contribution in [1.29, 1.82) is 0 Å². The Morgan fingerprint density at radius 2 is 2.03 bits per heavy atom. The van der Waals surface area contributed by atoms with Crippen LogP contribution in [0.15, 0.2) is 42.9 Å². The summed E-state index contributed by atoms with van der Waals surface area (Å²) in [5.74, 6) is -3.07. The molecule has 0 saturated carbocycles. The van der Waals surface area contributed by atoms with Crippen molar-refractivity contribution in [2.45, 2.75) is 30.2 Å². The Balaban J connectivity index is 1.81. The summed E-state index contributed by atoms with van der Waals surface area (Å²) in [6.45, 7) is 5.34. The van der Waals surface area contributed by atoms with Gasteiger partial charge >= 0.3 is 0 Å². The van der Waals surface area contributed by atoms with Crippen LogP contribution in [0, 0.1) is 17.5 Å². The normalized spacial score (nSPS) is 27.4. The Labute approximate surface area is 177 Å². The van der Waals surface area contributed by atoms with E-state index in [4.69, 9.17) is 9.47 Å². The number of nitrogens with one attached hydrogen (secondary N) is 1. The highest BCUT2D eigenvalue weighted by atomic mass is 32.2. The van der Waals surface area contributed by atoms with Crippen molar-refractivity contribution in [3.63, 3.8) is 0 Å². The molecule has 3 atom stereocenters. The summed E-state index contributed by atoms with van der Waals surface area (Å²) >= 11 is 0. The smallest absolute Gasteiger partial charge is 0.256 e. The van der Waals surface area contributed by atoms with Gasteiger partial charge in [-0.2, -0.15) is 0 Å². The summed E-state index contributed by atoms with van der Waals surface area (Å²) in [6.07, 6.45) is 0.531. The molecule has 2 aromatic rings. The van der Waals surface area contributed by atoms with Gasteiger partial charge in [0.25, 0.3) is 5.88 Å². The van der Waals surface area contributed by atoms with Gasteiger partial charge in [0, 0.05) is 18.7 Å². The summed E-state index contributed by atoms with van der Waals surface area (Å²) in [5.41, 5.74) is -1.52. The van der Waals surface area contributed by atoms with Crippen LogP contribution in [0.3, 0.4) is 0 Å². The van der Waals surface area contributed by atoms with Crippen molar-refractivity contribution in [3.8, 4) is 11.6 Å². The van der Waals surface area contributed by atoms with Crippen LogP contribution in [0.1, 0.15) is 18.9 Å². The zero-order chi connectivity index (χ0) is 22.6. The van der Waals surface area contributed by atoms with Gasteiger partial charge in [-0.05, 0) is 31.5 Å². The lowest BCUT2D eigenvalue weighted by Crippen LogP contribution is -2.68. The monoisotopic (exact) mass is 455 g/mol. The van der Waals surface area contributed by atoms with Crippen molar-refractivity contribution in [2.75, 3.05) is 13.7 Å². The van der Waals surface area contributed by atoms with E-state index in [0.717, 1.165) is 16.6 Å². The van der Waals surface area contributed by atoms with Crippen LogP contribution in [-0.4, -0.2) is 42.7 Å². The maximum Gasteiger partial charge on any atom is 0.256 e. The number of aromatic nitrogens is 1. The zero-order valence-corrected chi connectivity index (χ0v) is 17.5. The summed E-state index contributed by atoms with van der Waals surface area (Å²) in [6, 6.07) is 4.17. The van der Waals surface area contributed by atoms with E-state index in [1.165, 1.54) is 19.2 Å². The fourth-order valence-corrected chi connectivity index (χ4v) is 5.94.